The van der Waals surface area contributed by atoms with Crippen molar-refractivity contribution in [2.45, 2.75) is 11.3 Å². The second kappa shape index (κ2) is 5.36. The van der Waals surface area contributed by atoms with E-state index in [0.717, 1.165) is 4.90 Å². The van der Waals surface area contributed by atoms with Gasteiger partial charge in [0, 0.05) is 16.2 Å². The molecule has 0 aliphatic carbocycles. The lowest BCUT2D eigenvalue weighted by Gasteiger charge is -2.21. The molecule has 1 atom stereocenters. The van der Waals surface area contributed by atoms with Crippen LogP contribution in [0.25, 0.3) is 0 Å². The van der Waals surface area contributed by atoms with Crippen molar-refractivity contribution >= 4 is 35.1 Å². The van der Waals surface area contributed by atoms with E-state index in [1.807, 2.05) is 0 Å². The summed E-state index contributed by atoms with van der Waals surface area (Å²) in [6.45, 7) is 0. The molecule has 1 aromatic carbocycles. The summed E-state index contributed by atoms with van der Waals surface area (Å²) in [5, 5.41) is 8.46. The quantitative estimate of drug-likeness (QED) is 0.657. The summed E-state index contributed by atoms with van der Waals surface area (Å²) in [6.07, 6.45) is -0.728. The normalized spacial score (nSPS) is 17.7. The van der Waals surface area contributed by atoms with Crippen molar-refractivity contribution in [1.29, 1.82) is 0 Å². The molecule has 0 fully saturated rings. The van der Waals surface area contributed by atoms with E-state index in [1.54, 1.807) is 24.3 Å². The van der Waals surface area contributed by atoms with Crippen molar-refractivity contribution in [3.05, 3.63) is 29.8 Å². The van der Waals surface area contributed by atoms with Gasteiger partial charge in [-0.2, -0.15) is 0 Å². The Hall–Kier alpha value is -1.95. The molecule has 0 amide bonds. The molecule has 0 radical (unpaired) electrons. The number of fused-ring (bicyclic) bond motifs is 1. The Labute approximate surface area is 113 Å². The molecule has 1 aromatic rings. The topological polar surface area (TPSA) is 88.5 Å². The zero-order valence-electron chi connectivity index (χ0n) is 9.79. The second-order valence-corrected chi connectivity index (χ2v) is 5.16. The number of hydrogen-bond acceptors (Lipinski definition) is 5. The summed E-state index contributed by atoms with van der Waals surface area (Å²) in [5.74, 6) is -4.46. The van der Waals surface area contributed by atoms with Crippen LogP contribution >= 0.6 is 11.8 Å². The highest BCUT2D eigenvalue weighted by Gasteiger charge is 2.34. The summed E-state index contributed by atoms with van der Waals surface area (Å²) >= 11 is 1.36. The van der Waals surface area contributed by atoms with Crippen LogP contribution in [0.2, 0.25) is 0 Å². The highest BCUT2D eigenvalue weighted by atomic mass is 32.2. The third kappa shape index (κ3) is 2.73. The number of benzene rings is 1. The van der Waals surface area contributed by atoms with Crippen LogP contribution in [0.5, 0.6) is 0 Å². The summed E-state index contributed by atoms with van der Waals surface area (Å²) in [5.41, 5.74) is 0.458. The summed E-state index contributed by atoms with van der Waals surface area (Å²) < 4.78 is 0. The molecule has 5 nitrogen and oxygen atoms in total. The average Bonchev–Trinajstić information content (AvgIpc) is 2.39. The lowest BCUT2D eigenvalue weighted by molar-refractivity contribution is -0.150. The fraction of sp³-hybridized carbons (Fsp3) is 0.231. The minimum Gasteiger partial charge on any atom is -0.475 e. The van der Waals surface area contributed by atoms with Gasteiger partial charge in [0.1, 0.15) is 0 Å². The van der Waals surface area contributed by atoms with E-state index in [-0.39, 0.29) is 11.5 Å². The van der Waals surface area contributed by atoms with Crippen molar-refractivity contribution in [2.75, 3.05) is 5.75 Å². The lowest BCUT2D eigenvalue weighted by atomic mass is 9.92. The maximum Gasteiger partial charge on any atom is 0.372 e. The van der Waals surface area contributed by atoms with E-state index in [0.29, 0.717) is 5.56 Å². The van der Waals surface area contributed by atoms with Crippen molar-refractivity contribution in [3.63, 3.8) is 0 Å². The molecular weight excluding hydrogens is 268 g/mol. The van der Waals surface area contributed by atoms with Gasteiger partial charge in [-0.3, -0.25) is 14.4 Å². The van der Waals surface area contributed by atoms with Crippen LogP contribution in [0.15, 0.2) is 29.2 Å². The maximum atomic E-state index is 12.1. The first kappa shape index (κ1) is 13.5. The molecule has 0 aromatic heterocycles. The Balaban J connectivity index is 2.16. The minimum absolute atomic E-state index is 0.252. The van der Waals surface area contributed by atoms with Gasteiger partial charge in [0.25, 0.3) is 0 Å². The molecule has 98 valence electrons. The van der Waals surface area contributed by atoms with Crippen LogP contribution in [-0.4, -0.2) is 34.2 Å². The summed E-state index contributed by atoms with van der Waals surface area (Å²) in [7, 11) is 0. The zero-order chi connectivity index (χ0) is 14.0. The fourth-order valence-electron chi connectivity index (χ4n) is 1.83. The molecule has 1 aliphatic rings. The molecule has 0 bridgehead atoms. The summed E-state index contributed by atoms with van der Waals surface area (Å²) in [6, 6.07) is 6.92. The third-order valence-corrected chi connectivity index (χ3v) is 4.00. The average molecular weight is 278 g/mol. The van der Waals surface area contributed by atoms with Gasteiger partial charge in [0.15, 0.2) is 11.6 Å². The molecule has 1 N–H and O–H groups in total. The van der Waals surface area contributed by atoms with Crippen LogP contribution in [0.3, 0.4) is 0 Å². The molecule has 0 spiro atoms. The van der Waals surface area contributed by atoms with Gasteiger partial charge < -0.3 is 5.11 Å². The highest BCUT2D eigenvalue weighted by molar-refractivity contribution is 7.99. The van der Waals surface area contributed by atoms with Gasteiger partial charge in [0.05, 0.1) is 12.3 Å². The predicted molar refractivity (Wildman–Crippen MR) is 67.3 cm³/mol. The van der Waals surface area contributed by atoms with Gasteiger partial charge in [-0.1, -0.05) is 18.2 Å². The molecule has 0 saturated heterocycles. The van der Waals surface area contributed by atoms with Crippen LogP contribution < -0.4 is 0 Å². The lowest BCUT2D eigenvalue weighted by Crippen LogP contribution is -2.32. The van der Waals surface area contributed by atoms with Crippen LogP contribution in [0.4, 0.5) is 0 Å². The molecular formula is C13H10O5S. The predicted octanol–water partition coefficient (Wildman–Crippen LogP) is 1.20. The Morgan fingerprint density at radius 3 is 2.63 bits per heavy atom. The Morgan fingerprint density at radius 1 is 1.26 bits per heavy atom. The van der Waals surface area contributed by atoms with Gasteiger partial charge in [-0.15, -0.1) is 11.8 Å². The number of carbonyl (C=O) groups is 4. The molecule has 0 unspecified atom stereocenters. The van der Waals surface area contributed by atoms with E-state index in [2.05, 4.69) is 0 Å². The Kier molecular flexibility index (Phi) is 3.80. The maximum absolute atomic E-state index is 12.1. The largest absolute Gasteiger partial charge is 0.475 e. The molecule has 1 heterocycles. The van der Waals surface area contributed by atoms with E-state index >= 15 is 0 Å². The molecule has 0 saturated carbocycles. The number of rotatable bonds is 4. The number of hydrogen-bond donors (Lipinski definition) is 1. The van der Waals surface area contributed by atoms with Crippen LogP contribution in [0, 0.1) is 5.92 Å². The number of thioether (sulfide) groups is 1. The third-order valence-electron chi connectivity index (χ3n) is 2.84. The number of Topliss-reactive ketones (excluding diaryl/α,β-unsaturated/α-hetero) is 3. The van der Waals surface area contributed by atoms with Crippen LogP contribution in [0.1, 0.15) is 16.8 Å². The minimum atomic E-state index is -1.65. The molecule has 1 aliphatic heterocycles. The van der Waals surface area contributed by atoms with Crippen LogP contribution in [-0.2, 0) is 14.4 Å². The number of ketones is 3. The Bertz CT molecular complexity index is 578. The van der Waals surface area contributed by atoms with Gasteiger partial charge >= 0.3 is 5.97 Å². The first-order valence-corrected chi connectivity index (χ1v) is 6.54. The number of carboxylic acids is 1. The van der Waals surface area contributed by atoms with Crippen molar-refractivity contribution in [1.82, 2.24) is 0 Å². The SMILES string of the molecule is O=C(O)C(=O)CC(=O)[C@@H]1CSc2ccccc2C1=O. The van der Waals surface area contributed by atoms with Crippen molar-refractivity contribution in [2.24, 2.45) is 5.92 Å². The van der Waals surface area contributed by atoms with E-state index in [4.69, 9.17) is 5.11 Å². The Morgan fingerprint density at radius 2 is 1.95 bits per heavy atom. The first-order valence-electron chi connectivity index (χ1n) is 5.55. The van der Waals surface area contributed by atoms with Gasteiger partial charge in [-0.05, 0) is 6.07 Å². The molecule has 6 heteroatoms. The zero-order valence-corrected chi connectivity index (χ0v) is 10.6. The first-order chi connectivity index (χ1) is 9.00. The standard InChI is InChI=1S/C13H10O5S/c14-9(5-10(15)13(17)18)8-6-19-11-4-2-1-3-7(11)12(8)16/h1-4,8H,5-6H2,(H,17,18)/t8-/m0/s1. The molecule has 2 rings (SSSR count). The highest BCUT2D eigenvalue weighted by Crippen LogP contribution is 2.33. The second-order valence-electron chi connectivity index (χ2n) is 4.10. The van der Waals surface area contributed by atoms with Crippen molar-refractivity contribution < 1.29 is 24.3 Å². The smallest absolute Gasteiger partial charge is 0.372 e. The number of aliphatic carboxylic acids is 1. The van der Waals surface area contributed by atoms with E-state index in [1.165, 1.54) is 11.8 Å². The number of carboxylic acid groups (broad SMARTS) is 1. The summed E-state index contributed by atoms with van der Waals surface area (Å²) in [4.78, 5) is 46.2. The van der Waals surface area contributed by atoms with Crippen molar-refractivity contribution in [3.8, 4) is 0 Å². The van der Waals surface area contributed by atoms with Gasteiger partial charge in [-0.25, -0.2) is 4.79 Å². The van der Waals surface area contributed by atoms with E-state index < -0.39 is 29.9 Å². The fourth-order valence-corrected chi connectivity index (χ4v) is 3.01. The number of carbonyl (C=O) groups excluding carboxylic acids is 3. The molecule has 19 heavy (non-hydrogen) atoms. The monoisotopic (exact) mass is 278 g/mol. The van der Waals surface area contributed by atoms with E-state index in [9.17, 15) is 19.2 Å². The van der Waals surface area contributed by atoms with Gasteiger partial charge in [0.2, 0.25) is 5.78 Å².